The third-order valence-electron chi connectivity index (χ3n) is 3.48. The molecule has 136 valence electrons. The molecule has 0 saturated carbocycles. The Morgan fingerprint density at radius 2 is 1.54 bits per heavy atom. The van der Waals surface area contributed by atoms with Crippen LogP contribution in [0.1, 0.15) is 42.3 Å². The number of halogens is 1. The minimum atomic E-state index is -0.412. The Labute approximate surface area is 162 Å². The maximum Gasteiger partial charge on any atom is 0.268 e. The van der Waals surface area contributed by atoms with Gasteiger partial charge in [-0.15, -0.1) is 0 Å². The molecule has 0 spiro atoms. The quantitative estimate of drug-likeness (QED) is 0.726. The molecule has 0 unspecified atom stereocenters. The predicted molar refractivity (Wildman–Crippen MR) is 109 cm³/mol. The van der Waals surface area contributed by atoms with Gasteiger partial charge in [0.15, 0.2) is 0 Å². The molecule has 0 aliphatic carbocycles. The molecule has 5 heteroatoms. The Kier molecular flexibility index (Phi) is 6.37. The molecule has 0 saturated heterocycles. The van der Waals surface area contributed by atoms with Crippen molar-refractivity contribution in [3.8, 4) is 0 Å². The molecule has 0 aliphatic heterocycles. The lowest BCUT2D eigenvalue weighted by atomic mass is 10.1. The van der Waals surface area contributed by atoms with Gasteiger partial charge in [0.25, 0.3) is 11.8 Å². The molecule has 0 heterocycles. The summed E-state index contributed by atoms with van der Waals surface area (Å²) in [6, 6.07) is 14.7. The van der Waals surface area contributed by atoms with Gasteiger partial charge in [0.1, 0.15) is 5.70 Å². The van der Waals surface area contributed by atoms with Gasteiger partial charge >= 0.3 is 0 Å². The lowest BCUT2D eigenvalue weighted by Gasteiger charge is -2.22. The van der Waals surface area contributed by atoms with Crippen LogP contribution in [-0.2, 0) is 4.79 Å². The molecule has 2 aromatic rings. The van der Waals surface area contributed by atoms with E-state index in [1.165, 1.54) is 0 Å². The van der Waals surface area contributed by atoms with E-state index in [-0.39, 0.29) is 17.5 Å². The van der Waals surface area contributed by atoms with Gasteiger partial charge in [-0.05, 0) is 63.6 Å². The maximum atomic E-state index is 12.6. The number of hydrogen-bond acceptors (Lipinski definition) is 2. The molecule has 2 rings (SSSR count). The molecular formula is C21H23BrN2O2. The van der Waals surface area contributed by atoms with Gasteiger partial charge in [-0.25, -0.2) is 0 Å². The van der Waals surface area contributed by atoms with E-state index >= 15 is 0 Å². The fourth-order valence-corrected chi connectivity index (χ4v) is 2.46. The zero-order chi connectivity index (χ0) is 19.3. The first kappa shape index (κ1) is 19.9. The minimum Gasteiger partial charge on any atom is -0.346 e. The number of rotatable bonds is 4. The van der Waals surface area contributed by atoms with Gasteiger partial charge in [-0.2, -0.15) is 0 Å². The number of carbonyl (C=O) groups is 2. The van der Waals surface area contributed by atoms with Crippen LogP contribution in [-0.4, -0.2) is 17.4 Å². The van der Waals surface area contributed by atoms with Crippen molar-refractivity contribution in [3.05, 3.63) is 75.4 Å². The molecule has 0 aliphatic rings. The molecule has 0 bridgehead atoms. The fourth-order valence-electron chi connectivity index (χ4n) is 2.19. The Balaban J connectivity index is 2.30. The van der Waals surface area contributed by atoms with Crippen LogP contribution in [0.5, 0.6) is 0 Å². The normalized spacial score (nSPS) is 11.8. The lowest BCUT2D eigenvalue weighted by molar-refractivity contribution is -0.119. The van der Waals surface area contributed by atoms with Gasteiger partial charge in [-0.1, -0.05) is 45.8 Å². The van der Waals surface area contributed by atoms with E-state index in [0.717, 1.165) is 15.6 Å². The molecule has 2 aromatic carbocycles. The molecular weight excluding hydrogens is 392 g/mol. The summed E-state index contributed by atoms with van der Waals surface area (Å²) in [6.07, 6.45) is 1.67. The second-order valence-corrected chi connectivity index (χ2v) is 8.05. The van der Waals surface area contributed by atoms with E-state index in [1.54, 1.807) is 18.2 Å². The van der Waals surface area contributed by atoms with Crippen LogP contribution in [0.25, 0.3) is 6.08 Å². The van der Waals surface area contributed by atoms with Gasteiger partial charge in [-0.3, -0.25) is 9.59 Å². The fraction of sp³-hybridized carbons (Fsp3) is 0.238. The van der Waals surface area contributed by atoms with Crippen molar-refractivity contribution < 1.29 is 9.59 Å². The Morgan fingerprint density at radius 3 is 2.08 bits per heavy atom. The first-order chi connectivity index (χ1) is 12.1. The summed E-state index contributed by atoms with van der Waals surface area (Å²) in [7, 11) is 0. The third kappa shape index (κ3) is 6.15. The van der Waals surface area contributed by atoms with Crippen molar-refractivity contribution >= 4 is 33.8 Å². The smallest absolute Gasteiger partial charge is 0.268 e. The number of hydrogen-bond donors (Lipinski definition) is 2. The van der Waals surface area contributed by atoms with Crippen LogP contribution in [0.3, 0.4) is 0 Å². The van der Waals surface area contributed by atoms with Crippen molar-refractivity contribution in [2.75, 3.05) is 0 Å². The van der Waals surface area contributed by atoms with Crippen molar-refractivity contribution in [3.63, 3.8) is 0 Å². The van der Waals surface area contributed by atoms with Crippen molar-refractivity contribution in [1.82, 2.24) is 10.6 Å². The van der Waals surface area contributed by atoms with Crippen LogP contribution < -0.4 is 10.6 Å². The molecule has 4 nitrogen and oxygen atoms in total. The molecule has 0 radical (unpaired) electrons. The summed E-state index contributed by atoms with van der Waals surface area (Å²) in [5, 5.41) is 5.62. The summed E-state index contributed by atoms with van der Waals surface area (Å²) < 4.78 is 0.944. The van der Waals surface area contributed by atoms with Crippen molar-refractivity contribution in [1.29, 1.82) is 0 Å². The zero-order valence-corrected chi connectivity index (χ0v) is 17.0. The third-order valence-corrected chi connectivity index (χ3v) is 4.00. The van der Waals surface area contributed by atoms with Gasteiger partial charge < -0.3 is 10.6 Å². The van der Waals surface area contributed by atoms with Crippen molar-refractivity contribution in [2.24, 2.45) is 0 Å². The van der Waals surface area contributed by atoms with E-state index in [2.05, 4.69) is 26.6 Å². The average Bonchev–Trinajstić information content (AvgIpc) is 2.55. The predicted octanol–water partition coefficient (Wildman–Crippen LogP) is 4.44. The summed E-state index contributed by atoms with van der Waals surface area (Å²) >= 11 is 3.39. The highest BCUT2D eigenvalue weighted by atomic mass is 79.9. The second kappa shape index (κ2) is 8.32. The van der Waals surface area contributed by atoms with E-state index in [9.17, 15) is 9.59 Å². The van der Waals surface area contributed by atoms with E-state index in [0.29, 0.717) is 5.56 Å². The Morgan fingerprint density at radius 1 is 0.962 bits per heavy atom. The SMILES string of the molecule is Cc1ccc(C(=O)N/C(=C\c2ccc(Br)cc2)C(=O)NC(C)(C)C)cc1. The summed E-state index contributed by atoms with van der Waals surface area (Å²) in [5.41, 5.74) is 2.17. The van der Waals surface area contributed by atoms with Gasteiger partial charge in [0.2, 0.25) is 0 Å². The first-order valence-corrected chi connectivity index (χ1v) is 9.11. The number of amides is 2. The van der Waals surface area contributed by atoms with Gasteiger partial charge in [0.05, 0.1) is 0 Å². The minimum absolute atomic E-state index is 0.202. The summed E-state index contributed by atoms with van der Waals surface area (Å²) in [5.74, 6) is -0.654. The number of aryl methyl sites for hydroxylation is 1. The topological polar surface area (TPSA) is 58.2 Å². The van der Waals surface area contributed by atoms with E-state index in [1.807, 2.05) is 64.1 Å². The molecule has 2 N–H and O–H groups in total. The zero-order valence-electron chi connectivity index (χ0n) is 15.4. The standard InChI is InChI=1S/C21H23BrN2O2/c1-14-5-9-16(10-6-14)19(25)23-18(20(26)24-21(2,3)4)13-15-7-11-17(22)12-8-15/h5-13H,1-4H3,(H,23,25)(H,24,26)/b18-13-. The number of nitrogens with one attached hydrogen (secondary N) is 2. The highest BCUT2D eigenvalue weighted by Gasteiger charge is 2.19. The maximum absolute atomic E-state index is 12.6. The average molecular weight is 415 g/mol. The Hall–Kier alpha value is -2.40. The van der Waals surface area contributed by atoms with Crippen LogP contribution in [0.2, 0.25) is 0 Å². The molecule has 0 fully saturated rings. The summed E-state index contributed by atoms with van der Waals surface area (Å²) in [4.78, 5) is 25.2. The van der Waals surface area contributed by atoms with E-state index < -0.39 is 5.54 Å². The number of benzene rings is 2. The second-order valence-electron chi connectivity index (χ2n) is 7.13. The van der Waals surface area contributed by atoms with E-state index in [4.69, 9.17) is 0 Å². The Bertz CT molecular complexity index is 817. The van der Waals surface area contributed by atoms with Crippen LogP contribution in [0.4, 0.5) is 0 Å². The summed E-state index contributed by atoms with van der Waals surface area (Å²) in [6.45, 7) is 7.63. The highest BCUT2D eigenvalue weighted by Crippen LogP contribution is 2.14. The monoisotopic (exact) mass is 414 g/mol. The molecule has 2 amide bonds. The largest absolute Gasteiger partial charge is 0.346 e. The molecule has 0 aromatic heterocycles. The van der Waals surface area contributed by atoms with Crippen LogP contribution in [0, 0.1) is 6.92 Å². The molecule has 0 atom stereocenters. The first-order valence-electron chi connectivity index (χ1n) is 8.32. The lowest BCUT2D eigenvalue weighted by Crippen LogP contribution is -2.44. The number of carbonyl (C=O) groups excluding carboxylic acids is 2. The van der Waals surface area contributed by atoms with Gasteiger partial charge in [0, 0.05) is 15.6 Å². The highest BCUT2D eigenvalue weighted by molar-refractivity contribution is 9.10. The van der Waals surface area contributed by atoms with Crippen molar-refractivity contribution in [2.45, 2.75) is 33.2 Å². The van der Waals surface area contributed by atoms with Crippen LogP contribution in [0.15, 0.2) is 58.7 Å². The molecule has 26 heavy (non-hydrogen) atoms. The van der Waals surface area contributed by atoms with Crippen LogP contribution >= 0.6 is 15.9 Å².